The topological polar surface area (TPSA) is 29.5 Å². The predicted molar refractivity (Wildman–Crippen MR) is 212 cm³/mol. The van der Waals surface area contributed by atoms with Gasteiger partial charge in [0.1, 0.15) is 22.3 Å². The van der Waals surface area contributed by atoms with Crippen molar-refractivity contribution >= 4 is 103 Å². The number of fused-ring (bicyclic) bond motifs is 12. The van der Waals surface area contributed by atoms with Gasteiger partial charge in [-0.05, 0) is 83.2 Å². The molecule has 8 aromatic carbocycles. The molecule has 0 fully saturated rings. The Bertz CT molecular complexity index is 3090. The lowest BCUT2D eigenvalue weighted by atomic mass is 10.0. The third-order valence-corrected chi connectivity index (χ3v) is 11.2. The van der Waals surface area contributed by atoms with Gasteiger partial charge >= 0.3 is 0 Å². The largest absolute Gasteiger partial charge is 0.456 e. The van der Waals surface area contributed by atoms with Crippen LogP contribution in [-0.2, 0) is 0 Å². The van der Waals surface area contributed by atoms with Gasteiger partial charge in [-0.15, -0.1) is 11.3 Å². The predicted octanol–water partition coefficient (Wildman–Crippen LogP) is 14.1. The normalized spacial score (nSPS) is 12.0. The Morgan fingerprint density at radius 3 is 2.02 bits per heavy atom. The van der Waals surface area contributed by atoms with E-state index < -0.39 is 0 Å². The number of anilines is 3. The second-order valence-electron chi connectivity index (χ2n) is 12.9. The van der Waals surface area contributed by atoms with Gasteiger partial charge in [0.25, 0.3) is 0 Å². The molecule has 0 spiro atoms. The third-order valence-electron chi connectivity index (χ3n) is 10.1. The number of para-hydroxylation sites is 1. The van der Waals surface area contributed by atoms with Crippen LogP contribution in [0.15, 0.2) is 173 Å². The van der Waals surface area contributed by atoms with E-state index in [1.807, 2.05) is 23.5 Å². The standard InChI is InChI=1S/C46H27NO2S/c1-2-9-28(10-3-1)29-17-20-31(21-18-29)47(32-22-24-39-36(27-32)34-13-6-7-15-38(34)48-39)37-14-8-16-41-44(37)45-42(50-41)26-25-40-43(45)35-23-19-30-11-4-5-12-33(30)46(35)49-40/h1-27H. The van der Waals surface area contributed by atoms with Crippen LogP contribution in [0.5, 0.6) is 0 Å². The number of rotatable bonds is 4. The molecule has 0 aliphatic heterocycles. The molecule has 0 aliphatic carbocycles. The van der Waals surface area contributed by atoms with Gasteiger partial charge in [0.15, 0.2) is 0 Å². The van der Waals surface area contributed by atoms with E-state index in [-0.39, 0.29) is 0 Å². The average molecular weight is 658 g/mol. The molecule has 4 heteroatoms. The highest BCUT2D eigenvalue weighted by atomic mass is 32.1. The van der Waals surface area contributed by atoms with Gasteiger partial charge < -0.3 is 13.7 Å². The van der Waals surface area contributed by atoms with Crippen LogP contribution in [0.4, 0.5) is 17.1 Å². The second kappa shape index (κ2) is 10.6. The Labute approximate surface area is 290 Å². The van der Waals surface area contributed by atoms with Gasteiger partial charge in [-0.25, -0.2) is 0 Å². The molecule has 3 aromatic heterocycles. The molecule has 0 aliphatic rings. The molecule has 0 amide bonds. The Balaban J connectivity index is 1.21. The first-order valence-corrected chi connectivity index (χ1v) is 17.7. The summed E-state index contributed by atoms with van der Waals surface area (Å²) in [6.07, 6.45) is 0. The van der Waals surface area contributed by atoms with E-state index in [1.54, 1.807) is 0 Å². The minimum Gasteiger partial charge on any atom is -0.456 e. The Morgan fingerprint density at radius 1 is 0.400 bits per heavy atom. The molecule has 0 N–H and O–H groups in total. The summed E-state index contributed by atoms with van der Waals surface area (Å²) >= 11 is 1.84. The van der Waals surface area contributed by atoms with E-state index in [4.69, 9.17) is 8.83 Å². The molecule has 0 saturated carbocycles. The van der Waals surface area contributed by atoms with E-state index >= 15 is 0 Å². The quantitative estimate of drug-likeness (QED) is 0.189. The van der Waals surface area contributed by atoms with Gasteiger partial charge in [-0.1, -0.05) is 97.1 Å². The van der Waals surface area contributed by atoms with Crippen LogP contribution in [0.3, 0.4) is 0 Å². The van der Waals surface area contributed by atoms with E-state index in [0.29, 0.717) is 0 Å². The second-order valence-corrected chi connectivity index (χ2v) is 13.9. The van der Waals surface area contributed by atoms with Gasteiger partial charge in [0, 0.05) is 58.5 Å². The lowest BCUT2D eigenvalue weighted by Crippen LogP contribution is -2.10. The fourth-order valence-electron chi connectivity index (χ4n) is 7.78. The monoisotopic (exact) mass is 657 g/mol. The molecular weight excluding hydrogens is 631 g/mol. The maximum absolute atomic E-state index is 6.68. The summed E-state index contributed by atoms with van der Waals surface area (Å²) in [7, 11) is 0. The summed E-state index contributed by atoms with van der Waals surface area (Å²) in [5, 5.41) is 9.28. The zero-order valence-corrected chi connectivity index (χ0v) is 27.6. The van der Waals surface area contributed by atoms with Crippen LogP contribution in [0, 0.1) is 0 Å². The number of hydrogen-bond donors (Lipinski definition) is 0. The Kier molecular flexibility index (Phi) is 5.83. The first kappa shape index (κ1) is 27.6. The van der Waals surface area contributed by atoms with Gasteiger partial charge in [0.2, 0.25) is 0 Å². The molecule has 0 bridgehead atoms. The smallest absolute Gasteiger partial charge is 0.143 e. The lowest BCUT2D eigenvalue weighted by molar-refractivity contribution is 0.669. The number of nitrogens with zero attached hydrogens (tertiary/aromatic N) is 1. The van der Waals surface area contributed by atoms with E-state index in [2.05, 4.69) is 157 Å². The summed E-state index contributed by atoms with van der Waals surface area (Å²) in [6.45, 7) is 0. The van der Waals surface area contributed by atoms with Crippen molar-refractivity contribution in [1.82, 2.24) is 0 Å². The maximum atomic E-state index is 6.68. The molecule has 11 aromatic rings. The zero-order valence-electron chi connectivity index (χ0n) is 26.8. The lowest BCUT2D eigenvalue weighted by Gasteiger charge is -2.27. The van der Waals surface area contributed by atoms with Crippen molar-refractivity contribution in [3.63, 3.8) is 0 Å². The van der Waals surface area contributed by atoms with Crippen molar-refractivity contribution in [1.29, 1.82) is 0 Å². The fraction of sp³-hybridized carbons (Fsp3) is 0. The van der Waals surface area contributed by atoms with Gasteiger partial charge in [0.05, 0.1) is 5.69 Å². The summed E-state index contributed by atoms with van der Waals surface area (Å²) in [4.78, 5) is 2.40. The zero-order chi connectivity index (χ0) is 32.8. The first-order valence-electron chi connectivity index (χ1n) is 16.8. The highest BCUT2D eigenvalue weighted by Crippen LogP contribution is 2.49. The molecular formula is C46H27NO2S. The molecule has 3 nitrogen and oxygen atoms in total. The summed E-state index contributed by atoms with van der Waals surface area (Å²) in [6, 6.07) is 58.3. The van der Waals surface area contributed by atoms with Gasteiger partial charge in [-0.3, -0.25) is 0 Å². The van der Waals surface area contributed by atoms with Crippen molar-refractivity contribution < 1.29 is 8.83 Å². The number of benzene rings is 8. The Hall–Kier alpha value is -6.36. The van der Waals surface area contributed by atoms with Crippen LogP contribution < -0.4 is 4.90 Å². The minimum atomic E-state index is 0.882. The van der Waals surface area contributed by atoms with Crippen molar-refractivity contribution in [2.45, 2.75) is 0 Å². The molecule has 11 rings (SSSR count). The van der Waals surface area contributed by atoms with Crippen molar-refractivity contribution in [2.75, 3.05) is 4.90 Å². The van der Waals surface area contributed by atoms with Crippen LogP contribution in [-0.4, -0.2) is 0 Å². The third kappa shape index (κ3) is 4.03. The fourth-order valence-corrected chi connectivity index (χ4v) is 8.92. The number of hydrogen-bond acceptors (Lipinski definition) is 4. The number of thiophene rings is 1. The van der Waals surface area contributed by atoms with Crippen molar-refractivity contribution in [2.24, 2.45) is 0 Å². The summed E-state index contributed by atoms with van der Waals surface area (Å²) in [5.74, 6) is 0. The molecule has 0 radical (unpaired) electrons. The molecule has 50 heavy (non-hydrogen) atoms. The SMILES string of the molecule is c1ccc(-c2ccc(N(c3ccc4oc5ccccc5c4c3)c3cccc4sc5ccc6oc7c8ccccc8ccc7c6c5c34)cc2)cc1. The molecule has 0 saturated heterocycles. The highest BCUT2D eigenvalue weighted by Gasteiger charge is 2.23. The van der Waals surface area contributed by atoms with Crippen LogP contribution >= 0.6 is 11.3 Å². The van der Waals surface area contributed by atoms with Gasteiger partial charge in [-0.2, -0.15) is 0 Å². The van der Waals surface area contributed by atoms with Crippen LogP contribution in [0.2, 0.25) is 0 Å². The van der Waals surface area contributed by atoms with Crippen LogP contribution in [0.1, 0.15) is 0 Å². The molecule has 3 heterocycles. The maximum Gasteiger partial charge on any atom is 0.143 e. The molecule has 0 unspecified atom stereocenters. The minimum absolute atomic E-state index is 0.882. The summed E-state index contributed by atoms with van der Waals surface area (Å²) in [5.41, 5.74) is 9.27. The van der Waals surface area contributed by atoms with Crippen LogP contribution in [0.25, 0.3) is 85.9 Å². The first-order chi connectivity index (χ1) is 24.8. The van der Waals surface area contributed by atoms with Crippen molar-refractivity contribution in [3.8, 4) is 11.1 Å². The van der Waals surface area contributed by atoms with E-state index in [9.17, 15) is 0 Å². The highest BCUT2D eigenvalue weighted by molar-refractivity contribution is 7.26. The number of furan rings is 2. The molecule has 234 valence electrons. The average Bonchev–Trinajstić information content (AvgIpc) is 3.87. The Morgan fingerprint density at radius 2 is 1.12 bits per heavy atom. The van der Waals surface area contributed by atoms with E-state index in [1.165, 1.54) is 36.7 Å². The molecule has 0 atom stereocenters. The van der Waals surface area contributed by atoms with E-state index in [0.717, 1.165) is 66.3 Å². The van der Waals surface area contributed by atoms with Crippen molar-refractivity contribution in [3.05, 3.63) is 164 Å². The summed E-state index contributed by atoms with van der Waals surface area (Å²) < 4.78 is 15.4.